The summed E-state index contributed by atoms with van der Waals surface area (Å²) in [5, 5.41) is 12.5. The van der Waals surface area contributed by atoms with Gasteiger partial charge in [-0.2, -0.15) is 0 Å². The molecule has 1 aliphatic heterocycles. The molecule has 0 saturated heterocycles. The Labute approximate surface area is 150 Å². The van der Waals surface area contributed by atoms with Crippen molar-refractivity contribution in [3.8, 4) is 17.0 Å². The molecule has 1 aromatic carbocycles. The van der Waals surface area contributed by atoms with Crippen molar-refractivity contribution in [2.75, 3.05) is 20.7 Å². The molecule has 2 heterocycles. The lowest BCUT2D eigenvalue weighted by Gasteiger charge is -2.10. The number of aromatic nitrogens is 1. The average Bonchev–Trinajstić information content (AvgIpc) is 2.93. The highest BCUT2D eigenvalue weighted by molar-refractivity contribution is 6.06. The number of carbonyl (C=O) groups excluding carboxylic acids is 2. The molecule has 2 amide bonds. The summed E-state index contributed by atoms with van der Waals surface area (Å²) in [5.41, 5.74) is 2.73. The fourth-order valence-electron chi connectivity index (χ4n) is 2.78. The molecule has 0 atom stereocenters. The minimum Gasteiger partial charge on any atom is -0.503 e. The lowest BCUT2D eigenvalue weighted by molar-refractivity contribution is -0.126. The van der Waals surface area contributed by atoms with Crippen molar-refractivity contribution in [3.05, 3.63) is 59.5 Å². The van der Waals surface area contributed by atoms with Crippen molar-refractivity contribution >= 4 is 11.8 Å². The number of methoxy groups -OCH3 is 1. The first-order valence-electron chi connectivity index (χ1n) is 8.05. The third-order valence-electron chi connectivity index (χ3n) is 4.16. The van der Waals surface area contributed by atoms with Gasteiger partial charge in [0.2, 0.25) is 5.88 Å². The molecule has 1 aromatic heterocycles. The molecular weight excluding hydrogens is 334 g/mol. The van der Waals surface area contributed by atoms with Crippen LogP contribution in [0.2, 0.25) is 0 Å². The SMILES string of the molecule is COc1ncccc1-c1cccc(CNC(=O)C2=C(O)C(=O)N(C)C2)c1. The van der Waals surface area contributed by atoms with Crippen LogP contribution in [-0.2, 0) is 16.1 Å². The predicted molar refractivity (Wildman–Crippen MR) is 95.4 cm³/mol. The zero-order valence-electron chi connectivity index (χ0n) is 14.5. The van der Waals surface area contributed by atoms with Crippen LogP contribution in [0.1, 0.15) is 5.56 Å². The van der Waals surface area contributed by atoms with E-state index >= 15 is 0 Å². The van der Waals surface area contributed by atoms with Crippen LogP contribution in [0.4, 0.5) is 0 Å². The minimum absolute atomic E-state index is 0.0857. The van der Waals surface area contributed by atoms with Crippen LogP contribution in [0.25, 0.3) is 11.1 Å². The van der Waals surface area contributed by atoms with E-state index in [1.807, 2.05) is 36.4 Å². The van der Waals surface area contributed by atoms with Crippen molar-refractivity contribution in [1.82, 2.24) is 15.2 Å². The van der Waals surface area contributed by atoms with Crippen molar-refractivity contribution < 1.29 is 19.4 Å². The molecule has 2 aromatic rings. The topological polar surface area (TPSA) is 91.8 Å². The van der Waals surface area contributed by atoms with E-state index in [0.29, 0.717) is 5.88 Å². The number of ether oxygens (including phenoxy) is 1. The summed E-state index contributed by atoms with van der Waals surface area (Å²) in [6.07, 6.45) is 1.66. The fraction of sp³-hybridized carbons (Fsp3) is 0.211. The van der Waals surface area contributed by atoms with Crippen molar-refractivity contribution in [3.63, 3.8) is 0 Å². The number of nitrogens with one attached hydrogen (secondary N) is 1. The van der Waals surface area contributed by atoms with Gasteiger partial charge < -0.3 is 20.1 Å². The van der Waals surface area contributed by atoms with E-state index in [9.17, 15) is 14.7 Å². The summed E-state index contributed by atoms with van der Waals surface area (Å²) in [5.74, 6) is -0.958. The zero-order chi connectivity index (χ0) is 18.7. The number of amides is 2. The number of nitrogens with zero attached hydrogens (tertiary/aromatic N) is 2. The smallest absolute Gasteiger partial charge is 0.289 e. The zero-order valence-corrected chi connectivity index (χ0v) is 14.5. The first kappa shape index (κ1) is 17.5. The Kier molecular flexibility index (Phi) is 4.88. The Morgan fingerprint density at radius 3 is 2.85 bits per heavy atom. The number of likely N-dealkylation sites (N-methyl/N-ethyl adjacent to an activating group) is 1. The Morgan fingerprint density at radius 1 is 1.35 bits per heavy atom. The molecule has 7 nitrogen and oxygen atoms in total. The first-order chi connectivity index (χ1) is 12.5. The van der Waals surface area contributed by atoms with Gasteiger partial charge in [-0.1, -0.05) is 18.2 Å². The van der Waals surface area contributed by atoms with Crippen LogP contribution in [0, 0.1) is 0 Å². The summed E-state index contributed by atoms with van der Waals surface area (Å²) >= 11 is 0. The molecule has 0 bridgehead atoms. The molecule has 0 aliphatic carbocycles. The highest BCUT2D eigenvalue weighted by atomic mass is 16.5. The van der Waals surface area contributed by atoms with Gasteiger partial charge >= 0.3 is 0 Å². The number of hydrogen-bond acceptors (Lipinski definition) is 5. The maximum Gasteiger partial charge on any atom is 0.289 e. The van der Waals surface area contributed by atoms with E-state index in [1.54, 1.807) is 13.3 Å². The Hall–Kier alpha value is -3.35. The second kappa shape index (κ2) is 7.26. The van der Waals surface area contributed by atoms with Crippen LogP contribution in [0.5, 0.6) is 5.88 Å². The van der Waals surface area contributed by atoms with Crippen LogP contribution in [0.15, 0.2) is 53.9 Å². The Morgan fingerprint density at radius 2 is 2.15 bits per heavy atom. The molecule has 2 N–H and O–H groups in total. The number of benzene rings is 1. The van der Waals surface area contributed by atoms with Crippen molar-refractivity contribution in [1.29, 1.82) is 0 Å². The Bertz CT molecular complexity index is 892. The molecule has 0 spiro atoms. The lowest BCUT2D eigenvalue weighted by atomic mass is 10.0. The summed E-state index contributed by atoms with van der Waals surface area (Å²) in [6, 6.07) is 11.4. The van der Waals surface area contributed by atoms with Gasteiger partial charge in [-0.3, -0.25) is 9.59 Å². The van der Waals surface area contributed by atoms with Gasteiger partial charge in [-0.15, -0.1) is 0 Å². The van der Waals surface area contributed by atoms with E-state index in [2.05, 4.69) is 10.3 Å². The van der Waals surface area contributed by atoms with Gasteiger partial charge in [-0.25, -0.2) is 4.98 Å². The maximum absolute atomic E-state index is 12.2. The molecule has 0 saturated carbocycles. The van der Waals surface area contributed by atoms with Gasteiger partial charge in [0.05, 0.1) is 19.2 Å². The first-order valence-corrected chi connectivity index (χ1v) is 8.05. The summed E-state index contributed by atoms with van der Waals surface area (Å²) in [4.78, 5) is 29.3. The van der Waals surface area contributed by atoms with Crippen molar-refractivity contribution in [2.24, 2.45) is 0 Å². The molecule has 1 aliphatic rings. The summed E-state index contributed by atoms with van der Waals surface area (Å²) in [6.45, 7) is 0.368. The summed E-state index contributed by atoms with van der Waals surface area (Å²) in [7, 11) is 3.10. The second-order valence-corrected chi connectivity index (χ2v) is 5.93. The molecule has 7 heteroatoms. The predicted octanol–water partition coefficient (Wildman–Crippen LogP) is 1.66. The highest BCUT2D eigenvalue weighted by Crippen LogP contribution is 2.28. The van der Waals surface area contributed by atoms with Gasteiger partial charge in [0.25, 0.3) is 11.8 Å². The fourth-order valence-corrected chi connectivity index (χ4v) is 2.78. The summed E-state index contributed by atoms with van der Waals surface area (Å²) < 4.78 is 5.29. The van der Waals surface area contributed by atoms with Gasteiger partial charge in [0.15, 0.2) is 5.76 Å². The number of carbonyl (C=O) groups is 2. The number of aliphatic hydroxyl groups excluding tert-OH is 1. The van der Waals surface area contributed by atoms with Gasteiger partial charge in [0, 0.05) is 25.4 Å². The second-order valence-electron chi connectivity index (χ2n) is 5.93. The molecule has 0 radical (unpaired) electrons. The normalized spacial score (nSPS) is 13.9. The third-order valence-corrected chi connectivity index (χ3v) is 4.16. The van der Waals surface area contributed by atoms with E-state index in [4.69, 9.17) is 4.74 Å². The quantitative estimate of drug-likeness (QED) is 0.853. The molecule has 26 heavy (non-hydrogen) atoms. The van der Waals surface area contributed by atoms with E-state index < -0.39 is 17.6 Å². The largest absolute Gasteiger partial charge is 0.503 e. The van der Waals surface area contributed by atoms with Crippen LogP contribution >= 0.6 is 0 Å². The molecule has 3 rings (SSSR count). The maximum atomic E-state index is 12.2. The number of rotatable bonds is 5. The van der Waals surface area contributed by atoms with Crippen LogP contribution < -0.4 is 10.1 Å². The molecule has 134 valence electrons. The van der Waals surface area contributed by atoms with Crippen LogP contribution in [0.3, 0.4) is 0 Å². The monoisotopic (exact) mass is 353 g/mol. The molecule has 0 fully saturated rings. The van der Waals surface area contributed by atoms with Gasteiger partial charge in [-0.05, 0) is 29.3 Å². The molecule has 0 unspecified atom stereocenters. The van der Waals surface area contributed by atoms with E-state index in [0.717, 1.165) is 16.7 Å². The van der Waals surface area contributed by atoms with E-state index in [1.165, 1.54) is 11.9 Å². The molecular formula is C19H19N3O4. The third kappa shape index (κ3) is 3.37. The standard InChI is InChI=1S/C19H19N3O4/c1-22-11-15(16(23)19(22)25)17(24)21-10-12-5-3-6-13(9-12)14-7-4-8-20-18(14)26-2/h3-9,23H,10-11H2,1-2H3,(H,21,24). The minimum atomic E-state index is -0.541. The van der Waals surface area contributed by atoms with Crippen molar-refractivity contribution in [2.45, 2.75) is 6.54 Å². The number of hydrogen-bond donors (Lipinski definition) is 2. The van der Waals surface area contributed by atoms with Crippen LogP contribution in [-0.4, -0.2) is 47.5 Å². The average molecular weight is 353 g/mol. The van der Waals surface area contributed by atoms with Gasteiger partial charge in [0.1, 0.15) is 0 Å². The number of aliphatic hydroxyl groups is 1. The number of pyridine rings is 1. The lowest BCUT2D eigenvalue weighted by Crippen LogP contribution is -2.27. The van der Waals surface area contributed by atoms with E-state index in [-0.39, 0.29) is 18.7 Å². The highest BCUT2D eigenvalue weighted by Gasteiger charge is 2.31. The Balaban J connectivity index is 1.74.